The number of amides is 1. The molecule has 6 nitrogen and oxygen atoms in total. The number of nitrogens with one attached hydrogen (secondary N) is 1. The maximum atomic E-state index is 14.2. The maximum Gasteiger partial charge on any atom is 0.257 e. The van der Waals surface area contributed by atoms with Crippen molar-refractivity contribution in [2.75, 3.05) is 36.4 Å². The van der Waals surface area contributed by atoms with Gasteiger partial charge in [-0.25, -0.2) is 21.6 Å². The first-order chi connectivity index (χ1) is 15.8. The Bertz CT molecular complexity index is 1150. The Morgan fingerprint density at radius 2 is 1.45 bits per heavy atom. The van der Waals surface area contributed by atoms with Gasteiger partial charge in [0, 0.05) is 31.9 Å². The number of sulfonamides is 1. The zero-order valence-corrected chi connectivity index (χ0v) is 18.9. The number of benzene rings is 2. The number of hydrogen-bond donors (Lipinski definition) is 1. The Kier molecular flexibility index (Phi) is 6.94. The lowest BCUT2D eigenvalue weighted by Gasteiger charge is -2.31. The normalized spacial score (nSPS) is 17.7. The fraction of sp³-hybridized carbons (Fsp3) is 0.435. The molecule has 0 unspecified atom stereocenters. The molecule has 2 fully saturated rings. The number of halogens is 3. The minimum atomic E-state index is -3.81. The molecule has 2 aromatic carbocycles. The molecule has 0 saturated carbocycles. The largest absolute Gasteiger partial charge is 0.371 e. The predicted octanol–water partition coefficient (Wildman–Crippen LogP) is 4.52. The Morgan fingerprint density at radius 1 is 0.818 bits per heavy atom. The van der Waals surface area contributed by atoms with E-state index in [1.807, 2.05) is 4.90 Å². The summed E-state index contributed by atoms with van der Waals surface area (Å²) >= 11 is 0. The van der Waals surface area contributed by atoms with Crippen molar-refractivity contribution in [3.05, 3.63) is 53.3 Å². The van der Waals surface area contributed by atoms with Gasteiger partial charge >= 0.3 is 0 Å². The van der Waals surface area contributed by atoms with Gasteiger partial charge < -0.3 is 10.2 Å². The number of hydrogen-bond acceptors (Lipinski definition) is 4. The first-order valence-corrected chi connectivity index (χ1v) is 12.6. The van der Waals surface area contributed by atoms with Crippen molar-refractivity contribution in [1.82, 2.24) is 4.31 Å². The minimum absolute atomic E-state index is 0.0268. The molecule has 178 valence electrons. The van der Waals surface area contributed by atoms with Crippen molar-refractivity contribution < 1.29 is 26.4 Å². The highest BCUT2D eigenvalue weighted by molar-refractivity contribution is 7.89. The molecule has 0 aromatic heterocycles. The molecular weight excluding hydrogens is 455 g/mol. The third-order valence-corrected chi connectivity index (χ3v) is 8.04. The number of carbonyl (C=O) groups is 1. The number of rotatable bonds is 5. The van der Waals surface area contributed by atoms with Crippen LogP contribution in [-0.2, 0) is 10.0 Å². The second kappa shape index (κ2) is 9.72. The average Bonchev–Trinajstić information content (AvgIpc) is 2.85. The highest BCUT2D eigenvalue weighted by Gasteiger charge is 2.29. The summed E-state index contributed by atoms with van der Waals surface area (Å²) in [6, 6.07) is 6.03. The van der Waals surface area contributed by atoms with Crippen LogP contribution in [0.25, 0.3) is 0 Å². The van der Waals surface area contributed by atoms with Crippen molar-refractivity contribution in [3.8, 4) is 0 Å². The summed E-state index contributed by atoms with van der Waals surface area (Å²) in [5.74, 6) is -5.37. The van der Waals surface area contributed by atoms with Crippen LogP contribution in [0.4, 0.5) is 24.5 Å². The van der Waals surface area contributed by atoms with Crippen molar-refractivity contribution in [3.63, 3.8) is 0 Å². The average molecular weight is 482 g/mol. The molecule has 1 N–H and O–H groups in total. The molecule has 0 bridgehead atoms. The van der Waals surface area contributed by atoms with Crippen LogP contribution in [0.2, 0.25) is 0 Å². The van der Waals surface area contributed by atoms with Crippen LogP contribution in [0.3, 0.4) is 0 Å². The Labute approximate surface area is 191 Å². The van der Waals surface area contributed by atoms with Crippen molar-refractivity contribution in [2.45, 2.75) is 43.4 Å². The van der Waals surface area contributed by atoms with Gasteiger partial charge in [0.1, 0.15) is 0 Å². The zero-order valence-electron chi connectivity index (χ0n) is 18.1. The van der Waals surface area contributed by atoms with E-state index in [0.29, 0.717) is 31.9 Å². The van der Waals surface area contributed by atoms with E-state index in [0.717, 1.165) is 50.7 Å². The molecule has 10 heteroatoms. The van der Waals surface area contributed by atoms with Crippen molar-refractivity contribution in [2.24, 2.45) is 0 Å². The highest BCUT2D eigenvalue weighted by atomic mass is 32.2. The van der Waals surface area contributed by atoms with E-state index >= 15 is 0 Å². The third-order valence-electron chi connectivity index (χ3n) is 6.15. The van der Waals surface area contributed by atoms with Gasteiger partial charge in [-0.05, 0) is 62.4 Å². The van der Waals surface area contributed by atoms with Crippen LogP contribution >= 0.6 is 0 Å². The van der Waals surface area contributed by atoms with Gasteiger partial charge in [-0.1, -0.05) is 6.42 Å². The number of nitrogens with zero attached hydrogens (tertiary/aromatic N) is 2. The molecule has 1 amide bonds. The monoisotopic (exact) mass is 481 g/mol. The third kappa shape index (κ3) is 4.86. The maximum absolute atomic E-state index is 14.2. The predicted molar refractivity (Wildman–Crippen MR) is 119 cm³/mol. The van der Waals surface area contributed by atoms with Crippen LogP contribution in [0.1, 0.15) is 48.9 Å². The molecule has 0 atom stereocenters. The molecule has 2 aliphatic rings. The lowest BCUT2D eigenvalue weighted by atomic mass is 10.1. The zero-order chi connectivity index (χ0) is 23.6. The topological polar surface area (TPSA) is 69.7 Å². The second-order valence-electron chi connectivity index (χ2n) is 8.37. The van der Waals surface area contributed by atoms with Crippen LogP contribution in [-0.4, -0.2) is 44.8 Å². The molecule has 2 heterocycles. The highest BCUT2D eigenvalue weighted by Crippen LogP contribution is 2.30. The van der Waals surface area contributed by atoms with Gasteiger partial charge in [0.2, 0.25) is 10.0 Å². The second-order valence-corrected chi connectivity index (χ2v) is 10.3. The summed E-state index contributed by atoms with van der Waals surface area (Å²) < 4.78 is 68.8. The minimum Gasteiger partial charge on any atom is -0.371 e. The summed E-state index contributed by atoms with van der Waals surface area (Å²) in [5, 5.41) is 2.28. The van der Waals surface area contributed by atoms with Gasteiger partial charge in [0.15, 0.2) is 17.5 Å². The molecular formula is C23H26F3N3O3S. The smallest absolute Gasteiger partial charge is 0.257 e. The number of anilines is 2. The summed E-state index contributed by atoms with van der Waals surface area (Å²) in [6.45, 7) is 2.21. The Balaban J connectivity index is 1.72. The van der Waals surface area contributed by atoms with Crippen molar-refractivity contribution in [1.29, 1.82) is 0 Å². The van der Waals surface area contributed by atoms with Crippen molar-refractivity contribution >= 4 is 27.3 Å². The Hall–Kier alpha value is -2.59. The SMILES string of the molecule is O=C(Nc1ccc(F)c(F)c1F)c1cc(S(=O)(=O)N2CCCCC2)ccc1N1CCCCC1. The first-order valence-electron chi connectivity index (χ1n) is 11.1. The van der Waals surface area contributed by atoms with E-state index in [2.05, 4.69) is 5.32 Å². The standard InChI is InChI=1S/C23H26F3N3O3S/c24-18-8-9-19(22(26)21(18)25)27-23(30)17-15-16(33(31,32)29-13-5-2-6-14-29)7-10-20(17)28-11-3-1-4-12-28/h7-10,15H,1-6,11-14H2,(H,27,30). The van der Waals surface area contributed by atoms with Crippen LogP contribution < -0.4 is 10.2 Å². The molecule has 2 saturated heterocycles. The fourth-order valence-corrected chi connectivity index (χ4v) is 5.88. The summed E-state index contributed by atoms with van der Waals surface area (Å²) in [7, 11) is -3.81. The van der Waals surface area contributed by atoms with Gasteiger partial charge in [0.05, 0.1) is 16.1 Å². The number of piperidine rings is 2. The van der Waals surface area contributed by atoms with E-state index in [1.54, 1.807) is 6.07 Å². The summed E-state index contributed by atoms with van der Waals surface area (Å²) in [5.41, 5.74) is 0.0414. The van der Waals surface area contributed by atoms with Crippen LogP contribution in [0, 0.1) is 17.5 Å². The van der Waals surface area contributed by atoms with Gasteiger partial charge in [-0.15, -0.1) is 0 Å². The lowest BCUT2D eigenvalue weighted by molar-refractivity contribution is 0.102. The molecule has 2 aromatic rings. The molecule has 4 rings (SSSR count). The molecule has 33 heavy (non-hydrogen) atoms. The molecule has 0 radical (unpaired) electrons. The van der Waals surface area contributed by atoms with E-state index in [9.17, 15) is 26.4 Å². The van der Waals surface area contributed by atoms with Gasteiger partial charge in [0.25, 0.3) is 5.91 Å². The van der Waals surface area contributed by atoms with Crippen LogP contribution in [0.5, 0.6) is 0 Å². The van der Waals surface area contributed by atoms with E-state index in [4.69, 9.17) is 0 Å². The van der Waals surface area contributed by atoms with Gasteiger partial charge in [-0.3, -0.25) is 4.79 Å². The quantitative estimate of drug-likeness (QED) is 0.638. The number of carbonyl (C=O) groups excluding carboxylic acids is 1. The van der Waals surface area contributed by atoms with E-state index < -0.39 is 39.1 Å². The van der Waals surface area contributed by atoms with Crippen LogP contribution in [0.15, 0.2) is 35.2 Å². The Morgan fingerprint density at radius 3 is 2.12 bits per heavy atom. The fourth-order valence-electron chi connectivity index (χ4n) is 4.33. The summed E-state index contributed by atoms with van der Waals surface area (Å²) in [6.07, 6.45) is 5.41. The first kappa shape index (κ1) is 23.6. The molecule has 0 spiro atoms. The van der Waals surface area contributed by atoms with E-state index in [1.165, 1.54) is 16.4 Å². The lowest BCUT2D eigenvalue weighted by Crippen LogP contribution is -2.36. The van der Waals surface area contributed by atoms with E-state index in [-0.39, 0.29) is 10.5 Å². The molecule has 0 aliphatic carbocycles. The summed E-state index contributed by atoms with van der Waals surface area (Å²) in [4.78, 5) is 15.1. The van der Waals surface area contributed by atoms with Gasteiger partial charge in [-0.2, -0.15) is 4.31 Å². The molecule has 2 aliphatic heterocycles.